The van der Waals surface area contributed by atoms with Crippen molar-refractivity contribution in [2.75, 3.05) is 30.8 Å². The second-order valence-corrected chi connectivity index (χ2v) is 15.9. The fourth-order valence-electron chi connectivity index (χ4n) is 6.33. The highest BCUT2D eigenvalue weighted by atomic mass is 35.5. The predicted molar refractivity (Wildman–Crippen MR) is 194 cm³/mol. The molecule has 0 N–H and O–H groups in total. The Hall–Kier alpha value is -2.95. The summed E-state index contributed by atoms with van der Waals surface area (Å²) in [6.07, 6.45) is 4.43. The SMILES string of the molecule is CCc1cccc(C)c1N(C(=O)CCl)C(C)COC.CS(=O)(=O)c1ccc(C(=O)C2=C(Sc3ccccc3)C3CCC(C3)C2=O)c(Cl)c1. The first-order valence-corrected chi connectivity index (χ1v) is 19.4. The van der Waals surface area contributed by atoms with Gasteiger partial charge in [-0.2, -0.15) is 0 Å². The summed E-state index contributed by atoms with van der Waals surface area (Å²) < 4.78 is 28.7. The molecule has 5 rings (SSSR count). The van der Waals surface area contributed by atoms with Crippen LogP contribution < -0.4 is 4.90 Å². The number of sulfone groups is 1. The molecule has 256 valence electrons. The van der Waals surface area contributed by atoms with Gasteiger partial charge < -0.3 is 9.64 Å². The molecule has 1 amide bonds. The molecule has 0 radical (unpaired) electrons. The van der Waals surface area contributed by atoms with Gasteiger partial charge in [0.2, 0.25) is 5.91 Å². The van der Waals surface area contributed by atoms with Gasteiger partial charge in [-0.3, -0.25) is 14.4 Å². The number of alkyl halides is 1. The molecule has 1 fully saturated rings. The number of ether oxygens (including phenoxy) is 1. The summed E-state index contributed by atoms with van der Waals surface area (Å²) in [6.45, 7) is 6.56. The number of amides is 1. The lowest BCUT2D eigenvalue weighted by atomic mass is 9.84. The summed E-state index contributed by atoms with van der Waals surface area (Å²) in [6, 6.07) is 19.8. The summed E-state index contributed by atoms with van der Waals surface area (Å²) in [7, 11) is -1.80. The number of ketones is 2. The minimum Gasteiger partial charge on any atom is -0.383 e. The van der Waals surface area contributed by atoms with Crippen molar-refractivity contribution in [3.8, 4) is 0 Å². The molecule has 0 aromatic heterocycles. The Morgan fingerprint density at radius 3 is 2.33 bits per heavy atom. The zero-order valence-electron chi connectivity index (χ0n) is 27.8. The number of carbonyl (C=O) groups is 3. The Morgan fingerprint density at radius 1 is 1.04 bits per heavy atom. The Morgan fingerprint density at radius 2 is 1.73 bits per heavy atom. The van der Waals surface area contributed by atoms with Gasteiger partial charge >= 0.3 is 0 Å². The first-order valence-electron chi connectivity index (χ1n) is 15.8. The van der Waals surface area contributed by atoms with E-state index in [9.17, 15) is 22.8 Å². The molecule has 2 aliphatic carbocycles. The van der Waals surface area contributed by atoms with E-state index in [1.807, 2.05) is 56.3 Å². The number of rotatable bonds is 11. The first-order chi connectivity index (χ1) is 22.8. The summed E-state index contributed by atoms with van der Waals surface area (Å²) in [5, 5.41) is 0.0419. The third kappa shape index (κ3) is 8.61. The first kappa shape index (κ1) is 37.9. The van der Waals surface area contributed by atoms with Gasteiger partial charge in [0.15, 0.2) is 21.4 Å². The van der Waals surface area contributed by atoms with Crippen LogP contribution in [0.25, 0.3) is 0 Å². The van der Waals surface area contributed by atoms with E-state index < -0.39 is 15.6 Å². The highest BCUT2D eigenvalue weighted by Crippen LogP contribution is 2.50. The second-order valence-electron chi connectivity index (χ2n) is 12.1. The Labute approximate surface area is 297 Å². The fraction of sp³-hybridized carbons (Fsp3) is 0.378. The van der Waals surface area contributed by atoms with Gasteiger partial charge in [-0.15, -0.1) is 11.6 Å². The Balaban J connectivity index is 0.000000239. The van der Waals surface area contributed by atoms with Crippen LogP contribution in [0.15, 0.2) is 87.0 Å². The van der Waals surface area contributed by atoms with E-state index in [4.69, 9.17) is 27.9 Å². The molecule has 0 spiro atoms. The van der Waals surface area contributed by atoms with Gasteiger partial charge in [0.1, 0.15) is 5.88 Å². The molecule has 3 unspecified atom stereocenters. The molecule has 2 aliphatic rings. The van der Waals surface area contributed by atoms with Gasteiger partial charge in [-0.1, -0.05) is 66.7 Å². The van der Waals surface area contributed by atoms with Crippen LogP contribution in [0.3, 0.4) is 0 Å². The van der Waals surface area contributed by atoms with Crippen LogP contribution in [-0.4, -0.2) is 57.8 Å². The molecule has 3 aromatic rings. The van der Waals surface area contributed by atoms with Crippen molar-refractivity contribution in [1.29, 1.82) is 0 Å². The molecule has 3 atom stereocenters. The average molecular weight is 731 g/mol. The number of halogens is 2. The molecule has 2 bridgehead atoms. The molecular formula is C37H41Cl2NO6S2. The molecule has 11 heteroatoms. The summed E-state index contributed by atoms with van der Waals surface area (Å²) in [4.78, 5) is 42.3. The topological polar surface area (TPSA) is 97.8 Å². The summed E-state index contributed by atoms with van der Waals surface area (Å²) >= 11 is 13.5. The number of benzene rings is 3. The van der Waals surface area contributed by atoms with Crippen molar-refractivity contribution < 1.29 is 27.5 Å². The van der Waals surface area contributed by atoms with E-state index in [1.165, 1.54) is 30.0 Å². The molecule has 3 aromatic carbocycles. The number of methoxy groups -OCH3 is 1. The zero-order valence-corrected chi connectivity index (χ0v) is 30.9. The smallest absolute Gasteiger partial charge is 0.242 e. The normalized spacial score (nSPS) is 17.9. The van der Waals surface area contributed by atoms with Crippen molar-refractivity contribution in [1.82, 2.24) is 0 Å². The van der Waals surface area contributed by atoms with E-state index >= 15 is 0 Å². The zero-order chi connectivity index (χ0) is 35.2. The van der Waals surface area contributed by atoms with Crippen LogP contribution in [-0.2, 0) is 30.6 Å². The molecule has 0 heterocycles. The molecule has 1 saturated carbocycles. The quantitative estimate of drug-likeness (QED) is 0.112. The highest BCUT2D eigenvalue weighted by molar-refractivity contribution is 8.03. The van der Waals surface area contributed by atoms with Crippen molar-refractivity contribution in [3.63, 3.8) is 0 Å². The number of carbonyl (C=O) groups excluding carboxylic acids is 3. The van der Waals surface area contributed by atoms with Crippen LogP contribution in [0.1, 0.15) is 54.6 Å². The number of anilines is 1. The second kappa shape index (κ2) is 16.6. The van der Waals surface area contributed by atoms with Gasteiger partial charge in [0, 0.05) is 34.6 Å². The molecule has 7 nitrogen and oxygen atoms in total. The van der Waals surface area contributed by atoms with Gasteiger partial charge in [0.05, 0.1) is 33.8 Å². The molecule has 48 heavy (non-hydrogen) atoms. The van der Waals surface area contributed by atoms with E-state index in [2.05, 4.69) is 13.0 Å². The van der Waals surface area contributed by atoms with Gasteiger partial charge in [0.25, 0.3) is 0 Å². The largest absolute Gasteiger partial charge is 0.383 e. The lowest BCUT2D eigenvalue weighted by Crippen LogP contribution is -2.43. The van der Waals surface area contributed by atoms with Crippen LogP contribution in [0.4, 0.5) is 5.69 Å². The third-order valence-electron chi connectivity index (χ3n) is 8.65. The van der Waals surface area contributed by atoms with E-state index in [0.29, 0.717) is 6.61 Å². The van der Waals surface area contributed by atoms with E-state index in [1.54, 1.807) is 12.0 Å². The number of nitrogens with zero attached hydrogens (tertiary/aromatic N) is 1. The van der Waals surface area contributed by atoms with E-state index in [0.717, 1.165) is 58.6 Å². The standard InChI is InChI=1S/C22H19ClO4S2.C15H22ClNO2/c1-29(26,27)16-9-10-17(18(23)12-16)21(25)19-20(24)13-7-8-14(11-13)22(19)28-15-5-3-2-4-6-15;1-5-13-8-6-7-11(2)15(13)17(14(18)9-16)12(3)10-19-4/h2-6,9-10,12-14H,7-8,11H2,1H3;6-8,12H,5,9-10H2,1-4H3. The molecule has 0 aliphatic heterocycles. The van der Waals surface area contributed by atoms with Crippen LogP contribution >= 0.6 is 35.0 Å². The minimum atomic E-state index is -3.44. The third-order valence-corrected chi connectivity index (χ3v) is 11.6. The van der Waals surface area contributed by atoms with Crippen molar-refractivity contribution >= 4 is 68.0 Å². The fourth-order valence-corrected chi connectivity index (χ4v) is 8.66. The van der Waals surface area contributed by atoms with Crippen molar-refractivity contribution in [2.24, 2.45) is 11.8 Å². The lowest BCUT2D eigenvalue weighted by molar-refractivity contribution is -0.119. The van der Waals surface area contributed by atoms with Crippen LogP contribution in [0.2, 0.25) is 5.02 Å². The Kier molecular flexibility index (Phi) is 13.1. The average Bonchev–Trinajstić information content (AvgIpc) is 3.51. The number of aryl methyl sites for hydroxylation is 2. The van der Waals surface area contributed by atoms with Crippen LogP contribution in [0, 0.1) is 18.8 Å². The highest BCUT2D eigenvalue weighted by Gasteiger charge is 2.43. The molecular weight excluding hydrogens is 689 g/mol. The monoisotopic (exact) mass is 729 g/mol. The minimum absolute atomic E-state index is 0.0223. The Bertz CT molecular complexity index is 1810. The van der Waals surface area contributed by atoms with Gasteiger partial charge in [-0.05, 0) is 86.9 Å². The number of hydrogen-bond acceptors (Lipinski definition) is 7. The van der Waals surface area contributed by atoms with Gasteiger partial charge in [-0.25, -0.2) is 8.42 Å². The van der Waals surface area contributed by atoms with Crippen molar-refractivity contribution in [2.45, 2.75) is 62.3 Å². The van der Waals surface area contributed by atoms with Crippen LogP contribution in [0.5, 0.6) is 0 Å². The number of thioether (sulfide) groups is 1. The lowest BCUT2D eigenvalue weighted by Gasteiger charge is -2.31. The number of allylic oxidation sites excluding steroid dienone is 2. The number of para-hydroxylation sites is 1. The summed E-state index contributed by atoms with van der Waals surface area (Å²) in [5.74, 6) is -0.578. The number of fused-ring (bicyclic) bond motifs is 2. The van der Waals surface area contributed by atoms with Crippen molar-refractivity contribution in [3.05, 3.63) is 98.9 Å². The maximum absolute atomic E-state index is 13.4. The summed E-state index contributed by atoms with van der Waals surface area (Å²) in [5.41, 5.74) is 3.59. The maximum Gasteiger partial charge on any atom is 0.242 e. The number of hydrogen-bond donors (Lipinski definition) is 0. The molecule has 0 saturated heterocycles. The predicted octanol–water partition coefficient (Wildman–Crippen LogP) is 8.14. The van der Waals surface area contributed by atoms with E-state index in [-0.39, 0.29) is 56.5 Å². The maximum atomic E-state index is 13.4. The number of Topliss-reactive ketones (excluding diaryl/α,β-unsaturated/α-hetero) is 2.